The van der Waals surface area contributed by atoms with Crippen molar-refractivity contribution in [2.75, 3.05) is 0 Å². The van der Waals surface area contributed by atoms with Crippen molar-refractivity contribution in [3.63, 3.8) is 0 Å². The molecule has 0 unspecified atom stereocenters. The Hall–Kier alpha value is -6.49. The van der Waals surface area contributed by atoms with E-state index in [0.717, 1.165) is 27.6 Å². The zero-order chi connectivity index (χ0) is 33.5. The molecule has 2 heterocycles. The Morgan fingerprint density at radius 2 is 0.980 bits per heavy atom. The van der Waals surface area contributed by atoms with E-state index in [-0.39, 0.29) is 0 Å². The van der Waals surface area contributed by atoms with Gasteiger partial charge >= 0.3 is 0 Å². The highest BCUT2D eigenvalue weighted by Crippen LogP contribution is 2.56. The van der Waals surface area contributed by atoms with Crippen molar-refractivity contribution < 1.29 is 0 Å². The summed E-state index contributed by atoms with van der Waals surface area (Å²) in [5.41, 5.74) is 10.4. The van der Waals surface area contributed by atoms with E-state index in [1.165, 1.54) is 64.1 Å². The largest absolute Gasteiger partial charge is 0.208 e. The Balaban J connectivity index is 1.23. The normalized spacial score (nSPS) is 11.9. The second-order valence-electron chi connectivity index (χ2n) is 13.1. The summed E-state index contributed by atoms with van der Waals surface area (Å²) in [5.74, 6) is 1.96. The van der Waals surface area contributed by atoms with Crippen LogP contribution in [0.3, 0.4) is 0 Å². The van der Waals surface area contributed by atoms with E-state index in [0.29, 0.717) is 17.5 Å². The lowest BCUT2D eigenvalue weighted by atomic mass is 9.87. The third kappa shape index (κ3) is 4.33. The number of rotatable bonds is 4. The van der Waals surface area contributed by atoms with Crippen LogP contribution in [0.4, 0.5) is 0 Å². The highest BCUT2D eigenvalue weighted by atomic mass is 32.1. The quantitative estimate of drug-likeness (QED) is 0.188. The Bertz CT molecular complexity index is 3030. The van der Waals surface area contributed by atoms with Crippen molar-refractivity contribution in [1.29, 1.82) is 0 Å². The molecule has 51 heavy (non-hydrogen) atoms. The van der Waals surface area contributed by atoms with Gasteiger partial charge in [0.2, 0.25) is 0 Å². The number of hydrogen-bond acceptors (Lipinski definition) is 4. The highest BCUT2D eigenvalue weighted by Gasteiger charge is 2.29. The van der Waals surface area contributed by atoms with Crippen LogP contribution in [0.25, 0.3) is 109 Å². The van der Waals surface area contributed by atoms with Crippen LogP contribution < -0.4 is 0 Å². The molecular weight excluding hydrogens is 639 g/mol. The SMILES string of the molecule is c1ccc(-c2nc(-c3ccc4ccccc4c3)nc(-c3ccccc3-c3c4c(cc5sc6ccccc6c35)-c3cccc5cccc-4c35)n2)cc1. The standard InChI is InChI=1S/C47H27N3S/c1-2-13-30(14-3-1)45-48-46(32-25-24-28-12-4-5-15-31(28)26-32)50-47(49-45)35-19-7-6-18-33(35)44-42-37-22-11-17-29-16-10-21-34(41(29)37)38(42)27-40-43(44)36-20-8-9-23-39(36)51-40/h1-27H. The van der Waals surface area contributed by atoms with E-state index >= 15 is 0 Å². The van der Waals surface area contributed by atoms with Gasteiger partial charge < -0.3 is 0 Å². The zero-order valence-electron chi connectivity index (χ0n) is 27.3. The van der Waals surface area contributed by atoms with Crippen LogP contribution in [-0.4, -0.2) is 15.0 Å². The number of aromatic nitrogens is 3. The molecule has 10 aromatic rings. The first kappa shape index (κ1) is 28.4. The van der Waals surface area contributed by atoms with Crippen LogP contribution in [0.5, 0.6) is 0 Å². The monoisotopic (exact) mass is 665 g/mol. The highest BCUT2D eigenvalue weighted by molar-refractivity contribution is 7.26. The van der Waals surface area contributed by atoms with Crippen LogP contribution in [-0.2, 0) is 0 Å². The number of thiophene rings is 1. The van der Waals surface area contributed by atoms with Gasteiger partial charge in [-0.05, 0) is 67.6 Å². The summed E-state index contributed by atoms with van der Waals surface area (Å²) in [6.07, 6.45) is 0. The Morgan fingerprint density at radius 3 is 1.84 bits per heavy atom. The maximum Gasteiger partial charge on any atom is 0.164 e. The fourth-order valence-electron chi connectivity index (χ4n) is 7.99. The molecule has 0 radical (unpaired) electrons. The molecule has 0 atom stereocenters. The summed E-state index contributed by atoms with van der Waals surface area (Å²) in [7, 11) is 0. The van der Waals surface area contributed by atoms with Crippen molar-refractivity contribution in [3.8, 4) is 67.5 Å². The van der Waals surface area contributed by atoms with Crippen molar-refractivity contribution in [1.82, 2.24) is 15.0 Å². The lowest BCUT2D eigenvalue weighted by Gasteiger charge is -2.17. The minimum Gasteiger partial charge on any atom is -0.208 e. The van der Waals surface area contributed by atoms with E-state index in [1.54, 1.807) is 0 Å². The number of benzene rings is 8. The summed E-state index contributed by atoms with van der Waals surface area (Å²) < 4.78 is 2.56. The summed E-state index contributed by atoms with van der Waals surface area (Å²) in [4.78, 5) is 15.6. The van der Waals surface area contributed by atoms with Gasteiger partial charge in [-0.15, -0.1) is 11.3 Å². The third-order valence-corrected chi connectivity index (χ3v) is 11.4. The van der Waals surface area contributed by atoms with Gasteiger partial charge in [-0.3, -0.25) is 0 Å². The minimum absolute atomic E-state index is 0.653. The summed E-state index contributed by atoms with van der Waals surface area (Å²) >= 11 is 1.87. The molecule has 0 N–H and O–H groups in total. The average molecular weight is 666 g/mol. The second-order valence-corrected chi connectivity index (χ2v) is 14.2. The lowest BCUT2D eigenvalue weighted by Crippen LogP contribution is -2.01. The number of nitrogens with zero attached hydrogens (tertiary/aromatic N) is 3. The molecule has 1 aliphatic carbocycles. The Morgan fingerprint density at radius 1 is 0.333 bits per heavy atom. The predicted octanol–water partition coefficient (Wildman–Crippen LogP) is 12.9. The predicted molar refractivity (Wildman–Crippen MR) is 214 cm³/mol. The molecule has 8 aromatic carbocycles. The maximum absolute atomic E-state index is 5.27. The van der Waals surface area contributed by atoms with Crippen LogP contribution >= 0.6 is 11.3 Å². The van der Waals surface area contributed by atoms with Crippen LogP contribution in [0.15, 0.2) is 164 Å². The van der Waals surface area contributed by atoms with Crippen molar-refractivity contribution >= 4 is 53.1 Å². The van der Waals surface area contributed by atoms with Gasteiger partial charge in [0, 0.05) is 42.4 Å². The lowest BCUT2D eigenvalue weighted by molar-refractivity contribution is 1.07. The van der Waals surface area contributed by atoms with Gasteiger partial charge in [-0.1, -0.05) is 146 Å². The average Bonchev–Trinajstić information content (AvgIpc) is 3.73. The molecule has 0 saturated carbocycles. The van der Waals surface area contributed by atoms with Crippen LogP contribution in [0.1, 0.15) is 0 Å². The smallest absolute Gasteiger partial charge is 0.164 e. The van der Waals surface area contributed by atoms with E-state index in [1.807, 2.05) is 29.5 Å². The van der Waals surface area contributed by atoms with Gasteiger partial charge in [0.05, 0.1) is 0 Å². The Labute approximate surface area is 298 Å². The topological polar surface area (TPSA) is 38.7 Å². The second kappa shape index (κ2) is 11.0. The first-order chi connectivity index (χ1) is 25.3. The molecular formula is C47H27N3S. The van der Waals surface area contributed by atoms with Gasteiger partial charge in [0.25, 0.3) is 0 Å². The molecule has 3 nitrogen and oxygen atoms in total. The van der Waals surface area contributed by atoms with Crippen molar-refractivity contribution in [2.45, 2.75) is 0 Å². The molecule has 2 aromatic heterocycles. The molecule has 11 rings (SSSR count). The molecule has 0 saturated heterocycles. The number of fused-ring (bicyclic) bond motifs is 7. The van der Waals surface area contributed by atoms with E-state index in [2.05, 4.69) is 146 Å². The van der Waals surface area contributed by atoms with Gasteiger partial charge in [0.1, 0.15) is 0 Å². The third-order valence-electron chi connectivity index (χ3n) is 10.2. The molecule has 236 valence electrons. The van der Waals surface area contributed by atoms with Gasteiger partial charge in [-0.25, -0.2) is 15.0 Å². The fraction of sp³-hybridized carbons (Fsp3) is 0. The number of hydrogen-bond donors (Lipinski definition) is 0. The summed E-state index contributed by atoms with van der Waals surface area (Å²) in [6, 6.07) is 58.4. The molecule has 0 bridgehead atoms. The van der Waals surface area contributed by atoms with E-state index in [4.69, 9.17) is 15.0 Å². The first-order valence-corrected chi connectivity index (χ1v) is 18.0. The van der Waals surface area contributed by atoms with Crippen LogP contribution in [0.2, 0.25) is 0 Å². The zero-order valence-corrected chi connectivity index (χ0v) is 28.2. The minimum atomic E-state index is 0.653. The first-order valence-electron chi connectivity index (χ1n) is 17.2. The summed E-state index contributed by atoms with van der Waals surface area (Å²) in [6.45, 7) is 0. The molecule has 0 aliphatic heterocycles. The van der Waals surface area contributed by atoms with Crippen molar-refractivity contribution in [3.05, 3.63) is 164 Å². The summed E-state index contributed by atoms with van der Waals surface area (Å²) in [5, 5.41) is 7.47. The van der Waals surface area contributed by atoms with E-state index < -0.39 is 0 Å². The van der Waals surface area contributed by atoms with Gasteiger partial charge in [-0.2, -0.15) is 0 Å². The molecule has 0 fully saturated rings. The fourth-order valence-corrected chi connectivity index (χ4v) is 9.14. The van der Waals surface area contributed by atoms with E-state index in [9.17, 15) is 0 Å². The molecule has 0 amide bonds. The molecule has 1 aliphatic rings. The van der Waals surface area contributed by atoms with Crippen LogP contribution in [0, 0.1) is 0 Å². The molecule has 4 heteroatoms. The Kier molecular flexibility index (Phi) is 6.12. The maximum atomic E-state index is 5.27. The van der Waals surface area contributed by atoms with Crippen molar-refractivity contribution in [2.24, 2.45) is 0 Å². The van der Waals surface area contributed by atoms with Gasteiger partial charge in [0.15, 0.2) is 17.5 Å². The molecule has 0 spiro atoms.